The van der Waals surface area contributed by atoms with Crippen LogP contribution >= 0.6 is 22.9 Å². The van der Waals surface area contributed by atoms with Crippen molar-refractivity contribution in [3.63, 3.8) is 0 Å². The highest BCUT2D eigenvalue weighted by atomic mass is 35.5. The van der Waals surface area contributed by atoms with Gasteiger partial charge in [0.1, 0.15) is 16.3 Å². The Labute approximate surface area is 286 Å². The van der Waals surface area contributed by atoms with Crippen molar-refractivity contribution in [3.05, 3.63) is 80.3 Å². The smallest absolute Gasteiger partial charge is 0.425 e. The number of carbonyl (C=O) groups is 3. The first-order valence-electron chi connectivity index (χ1n) is 15.6. The van der Waals surface area contributed by atoms with Crippen LogP contribution in [0.3, 0.4) is 0 Å². The zero-order chi connectivity index (χ0) is 35.7. The second kappa shape index (κ2) is 14.2. The molecule has 1 fully saturated rings. The lowest BCUT2D eigenvalue weighted by atomic mass is 9.78. The molecule has 0 aliphatic carbocycles. The quantitative estimate of drug-likeness (QED) is 0.224. The molecular weight excluding hydrogens is 700 g/mol. The summed E-state index contributed by atoms with van der Waals surface area (Å²) in [7, 11) is 0. The van der Waals surface area contributed by atoms with Gasteiger partial charge in [-0.2, -0.15) is 26.3 Å². The van der Waals surface area contributed by atoms with E-state index in [2.05, 4.69) is 4.98 Å². The van der Waals surface area contributed by atoms with Crippen LogP contribution in [-0.2, 0) is 28.4 Å². The fourth-order valence-electron chi connectivity index (χ4n) is 6.81. The molecule has 2 aromatic heterocycles. The molecule has 1 saturated heterocycles. The lowest BCUT2D eigenvalue weighted by Crippen LogP contribution is -2.68. The van der Waals surface area contributed by atoms with E-state index in [0.29, 0.717) is 34.8 Å². The predicted octanol–water partition coefficient (Wildman–Crippen LogP) is 8.05. The molecule has 2 aliphatic heterocycles. The standard InChI is InChI=1S/C33H32ClF6N3O5S/c1-2-5-25-31(48-21-17-26(49-18-21)33(38,39)40,12-4-14-43(25)29(46)28-23(32(35,36)37)6-3-13-41-28)30(47)42-15-11-19-16-20(34)7-8-22(19)24(42)9-10-27(44)45/h3,6-8,13,16-18,24-25H,2,4-5,9-12,14-15H2,1H3,(H,44,45)/t24-,25+,31-/m0/s1. The molecule has 0 saturated carbocycles. The molecule has 0 spiro atoms. The molecule has 5 rings (SSSR count). The first kappa shape index (κ1) is 36.4. The number of fused-ring (bicyclic) bond motifs is 1. The van der Waals surface area contributed by atoms with Crippen molar-refractivity contribution in [3.8, 4) is 5.75 Å². The summed E-state index contributed by atoms with van der Waals surface area (Å²) < 4.78 is 89.3. The number of rotatable bonds is 9. The van der Waals surface area contributed by atoms with Gasteiger partial charge in [0, 0.05) is 48.6 Å². The number of carbonyl (C=O) groups excluding carboxylic acids is 2. The number of ether oxygens (including phenoxy) is 1. The second-order valence-corrected chi connectivity index (χ2v) is 13.3. The summed E-state index contributed by atoms with van der Waals surface area (Å²) in [4.78, 5) is 46.1. The average Bonchev–Trinajstić information content (AvgIpc) is 3.52. The first-order chi connectivity index (χ1) is 23.1. The Bertz CT molecular complexity index is 1720. The second-order valence-electron chi connectivity index (χ2n) is 12.0. The Morgan fingerprint density at radius 2 is 1.82 bits per heavy atom. The van der Waals surface area contributed by atoms with E-state index in [0.717, 1.165) is 40.2 Å². The van der Waals surface area contributed by atoms with E-state index in [9.17, 15) is 41.0 Å². The Balaban J connectivity index is 1.65. The van der Waals surface area contributed by atoms with Gasteiger partial charge in [0.25, 0.3) is 11.8 Å². The van der Waals surface area contributed by atoms with Gasteiger partial charge in [-0.3, -0.25) is 19.4 Å². The summed E-state index contributed by atoms with van der Waals surface area (Å²) in [5.41, 5.74) is -2.78. The number of thiophene rings is 1. The Kier molecular flexibility index (Phi) is 10.5. The minimum Gasteiger partial charge on any atom is -0.481 e. The molecule has 8 nitrogen and oxygen atoms in total. The van der Waals surface area contributed by atoms with Crippen LogP contribution in [0.2, 0.25) is 5.02 Å². The van der Waals surface area contributed by atoms with E-state index in [1.807, 2.05) is 0 Å². The number of hydrogen-bond acceptors (Lipinski definition) is 6. The van der Waals surface area contributed by atoms with E-state index in [4.69, 9.17) is 16.3 Å². The van der Waals surface area contributed by atoms with Crippen LogP contribution < -0.4 is 4.74 Å². The number of benzene rings is 1. The number of alkyl halides is 6. The summed E-state index contributed by atoms with van der Waals surface area (Å²) in [5.74, 6) is -3.22. The molecule has 1 aromatic carbocycles. The fourth-order valence-corrected chi connectivity index (χ4v) is 7.69. The number of aromatic nitrogens is 1. The zero-order valence-corrected chi connectivity index (χ0v) is 27.7. The lowest BCUT2D eigenvalue weighted by Gasteiger charge is -2.51. The molecule has 264 valence electrons. The van der Waals surface area contributed by atoms with E-state index in [1.165, 1.54) is 4.90 Å². The van der Waals surface area contributed by atoms with E-state index < -0.39 is 64.0 Å². The maximum atomic E-state index is 15.1. The SMILES string of the molecule is CCC[C@H]1N(C(=O)c2ncccc2C(F)(F)F)CCC[C@@]1(Oc1csc(C(F)(F)F)c1)C(=O)N1CCc2cc(Cl)ccc2[C@@H]1CCC(=O)O. The van der Waals surface area contributed by atoms with E-state index >= 15 is 4.79 Å². The molecule has 3 aromatic rings. The molecule has 2 aliphatic rings. The largest absolute Gasteiger partial charge is 0.481 e. The number of nitrogens with zero attached hydrogens (tertiary/aromatic N) is 3. The number of amides is 2. The molecule has 3 atom stereocenters. The Morgan fingerprint density at radius 3 is 2.47 bits per heavy atom. The third-order valence-electron chi connectivity index (χ3n) is 8.87. The third-order valence-corrected chi connectivity index (χ3v) is 10.1. The highest BCUT2D eigenvalue weighted by Gasteiger charge is 2.57. The van der Waals surface area contributed by atoms with Gasteiger partial charge in [-0.1, -0.05) is 31.0 Å². The molecule has 0 unspecified atom stereocenters. The van der Waals surface area contributed by atoms with Gasteiger partial charge in [-0.25, -0.2) is 0 Å². The molecule has 16 heteroatoms. The summed E-state index contributed by atoms with van der Waals surface area (Å²) in [6.07, 6.45) is -8.29. The van der Waals surface area contributed by atoms with Gasteiger partial charge in [-0.05, 0) is 61.1 Å². The fraction of sp³-hybridized carbons (Fsp3) is 0.455. The van der Waals surface area contributed by atoms with Crippen molar-refractivity contribution in [2.24, 2.45) is 0 Å². The van der Waals surface area contributed by atoms with Crippen molar-refractivity contribution in [2.45, 2.75) is 81.9 Å². The topological polar surface area (TPSA) is 100 Å². The van der Waals surface area contributed by atoms with Crippen LogP contribution in [0.25, 0.3) is 0 Å². The number of hydrogen-bond donors (Lipinski definition) is 1. The highest BCUT2D eigenvalue weighted by Crippen LogP contribution is 2.45. The number of carboxylic acids is 1. The normalized spacial score (nSPS) is 21.3. The molecule has 1 N–H and O–H groups in total. The molecular formula is C33H32ClF6N3O5S. The summed E-state index contributed by atoms with van der Waals surface area (Å²) >= 11 is 6.57. The summed E-state index contributed by atoms with van der Waals surface area (Å²) in [5, 5.41) is 11.1. The van der Waals surface area contributed by atoms with Crippen molar-refractivity contribution in [1.29, 1.82) is 0 Å². The molecule has 0 radical (unpaired) electrons. The first-order valence-corrected chi connectivity index (χ1v) is 16.8. The highest BCUT2D eigenvalue weighted by molar-refractivity contribution is 7.10. The van der Waals surface area contributed by atoms with Gasteiger partial charge in [0.2, 0.25) is 5.60 Å². The number of aliphatic carboxylic acids is 1. The van der Waals surface area contributed by atoms with Gasteiger partial charge in [0.15, 0.2) is 0 Å². The van der Waals surface area contributed by atoms with Crippen molar-refractivity contribution in [2.75, 3.05) is 13.1 Å². The van der Waals surface area contributed by atoms with E-state index in [-0.39, 0.29) is 50.9 Å². The third kappa shape index (κ3) is 7.52. The zero-order valence-electron chi connectivity index (χ0n) is 26.1. The Hall–Kier alpha value is -3.85. The average molecular weight is 732 g/mol. The van der Waals surface area contributed by atoms with Crippen molar-refractivity contribution < 1.29 is 50.6 Å². The van der Waals surface area contributed by atoms with Gasteiger partial charge in [-0.15, -0.1) is 11.3 Å². The maximum absolute atomic E-state index is 15.1. The lowest BCUT2D eigenvalue weighted by molar-refractivity contribution is -0.163. The predicted molar refractivity (Wildman–Crippen MR) is 167 cm³/mol. The van der Waals surface area contributed by atoms with Crippen LogP contribution in [0, 0.1) is 0 Å². The summed E-state index contributed by atoms with van der Waals surface area (Å²) in [6, 6.07) is 5.49. The number of piperidine rings is 1. The van der Waals surface area contributed by atoms with Gasteiger partial charge >= 0.3 is 18.3 Å². The molecule has 4 heterocycles. The van der Waals surface area contributed by atoms with Crippen LogP contribution in [0.5, 0.6) is 5.75 Å². The maximum Gasteiger partial charge on any atom is 0.425 e. The number of likely N-dealkylation sites (tertiary alicyclic amines) is 1. The number of halogens is 7. The monoisotopic (exact) mass is 731 g/mol. The van der Waals surface area contributed by atoms with Crippen molar-refractivity contribution >= 4 is 40.7 Å². The van der Waals surface area contributed by atoms with Gasteiger partial charge in [0.05, 0.1) is 17.6 Å². The van der Waals surface area contributed by atoms with Crippen LogP contribution in [0.4, 0.5) is 26.3 Å². The van der Waals surface area contributed by atoms with Crippen LogP contribution in [-0.4, -0.2) is 62.4 Å². The number of pyridine rings is 1. The molecule has 2 amide bonds. The van der Waals surface area contributed by atoms with Gasteiger partial charge < -0.3 is 19.6 Å². The molecule has 0 bridgehead atoms. The summed E-state index contributed by atoms with van der Waals surface area (Å²) in [6.45, 7) is 1.72. The number of carboxylic acid groups (broad SMARTS) is 1. The van der Waals surface area contributed by atoms with Crippen molar-refractivity contribution in [1.82, 2.24) is 14.8 Å². The molecule has 49 heavy (non-hydrogen) atoms. The Morgan fingerprint density at radius 1 is 1.06 bits per heavy atom. The minimum atomic E-state index is -4.93. The van der Waals surface area contributed by atoms with Crippen LogP contribution in [0.1, 0.15) is 83.5 Å². The van der Waals surface area contributed by atoms with E-state index in [1.54, 1.807) is 25.1 Å². The van der Waals surface area contributed by atoms with Crippen LogP contribution in [0.15, 0.2) is 48.0 Å². The minimum absolute atomic E-state index is 0.0214.